The minimum absolute atomic E-state index is 0.203. The lowest BCUT2D eigenvalue weighted by Gasteiger charge is -2.22. The second-order valence-corrected chi connectivity index (χ2v) is 5.11. The van der Waals surface area contributed by atoms with Gasteiger partial charge in [-0.05, 0) is 43.3 Å². The summed E-state index contributed by atoms with van der Waals surface area (Å²) in [6.45, 7) is 2.39. The van der Waals surface area contributed by atoms with E-state index in [1.165, 1.54) is 0 Å². The number of nitrogens with zero attached hydrogens (tertiary/aromatic N) is 1. The molecule has 0 bridgehead atoms. The van der Waals surface area contributed by atoms with Crippen LogP contribution in [0.3, 0.4) is 0 Å². The monoisotopic (exact) mass is 308 g/mol. The Bertz CT molecular complexity index is 644. The molecule has 0 fully saturated rings. The van der Waals surface area contributed by atoms with Crippen molar-refractivity contribution in [3.05, 3.63) is 58.1 Å². The van der Waals surface area contributed by atoms with Crippen LogP contribution in [0.4, 0.5) is 11.4 Å². The Balaban J connectivity index is 2.41. The Kier molecular flexibility index (Phi) is 4.53. The van der Waals surface area contributed by atoms with E-state index in [1.54, 1.807) is 41.3 Å². The Labute approximate surface area is 127 Å². The molecule has 0 saturated heterocycles. The molecule has 0 aliphatic heterocycles. The number of carbonyl (C=O) groups is 1. The molecule has 2 aromatic rings. The molecule has 5 heteroatoms. The summed E-state index contributed by atoms with van der Waals surface area (Å²) >= 11 is 12.0. The van der Waals surface area contributed by atoms with Crippen LogP contribution in [0.1, 0.15) is 17.3 Å². The summed E-state index contributed by atoms with van der Waals surface area (Å²) in [5.74, 6) is -0.203. The molecule has 0 heterocycles. The van der Waals surface area contributed by atoms with Gasteiger partial charge in [-0.3, -0.25) is 4.79 Å². The third-order valence-electron chi connectivity index (χ3n) is 2.90. The fraction of sp³-hybridized carbons (Fsp3) is 0.133. The van der Waals surface area contributed by atoms with Crippen LogP contribution in [0.2, 0.25) is 10.0 Å². The predicted molar refractivity (Wildman–Crippen MR) is 84.7 cm³/mol. The summed E-state index contributed by atoms with van der Waals surface area (Å²) in [5, 5.41) is 0.850. The van der Waals surface area contributed by atoms with E-state index in [4.69, 9.17) is 28.9 Å². The second kappa shape index (κ2) is 6.16. The molecule has 0 atom stereocenters. The second-order valence-electron chi connectivity index (χ2n) is 4.27. The number of benzene rings is 2. The minimum atomic E-state index is -0.203. The Morgan fingerprint density at radius 1 is 1.20 bits per heavy atom. The fourth-order valence-corrected chi connectivity index (χ4v) is 2.31. The molecule has 20 heavy (non-hydrogen) atoms. The van der Waals surface area contributed by atoms with Crippen LogP contribution >= 0.6 is 23.2 Å². The van der Waals surface area contributed by atoms with Crippen molar-refractivity contribution in [3.8, 4) is 0 Å². The number of anilines is 2. The van der Waals surface area contributed by atoms with E-state index in [-0.39, 0.29) is 5.91 Å². The number of halogens is 2. The van der Waals surface area contributed by atoms with Gasteiger partial charge in [-0.1, -0.05) is 29.3 Å². The highest BCUT2D eigenvalue weighted by molar-refractivity contribution is 6.36. The summed E-state index contributed by atoms with van der Waals surface area (Å²) in [6, 6.07) is 12.0. The van der Waals surface area contributed by atoms with Crippen LogP contribution in [0.5, 0.6) is 0 Å². The SMILES string of the molecule is CCN(C(=O)c1cc(Cl)ccc1Cl)c1cccc(N)c1. The molecule has 1 amide bonds. The van der Waals surface area contributed by atoms with Gasteiger partial charge in [-0.2, -0.15) is 0 Å². The van der Waals surface area contributed by atoms with Gasteiger partial charge < -0.3 is 10.6 Å². The highest BCUT2D eigenvalue weighted by atomic mass is 35.5. The van der Waals surface area contributed by atoms with Gasteiger partial charge >= 0.3 is 0 Å². The summed E-state index contributed by atoms with van der Waals surface area (Å²) in [4.78, 5) is 14.2. The molecule has 0 aromatic heterocycles. The molecule has 0 radical (unpaired) electrons. The summed E-state index contributed by atoms with van der Waals surface area (Å²) in [6.07, 6.45) is 0. The zero-order valence-electron chi connectivity index (χ0n) is 10.9. The van der Waals surface area contributed by atoms with Crippen molar-refractivity contribution in [1.29, 1.82) is 0 Å². The zero-order valence-corrected chi connectivity index (χ0v) is 12.4. The third kappa shape index (κ3) is 3.06. The van der Waals surface area contributed by atoms with E-state index in [0.717, 1.165) is 5.69 Å². The van der Waals surface area contributed by atoms with Crippen LogP contribution < -0.4 is 10.6 Å². The van der Waals surface area contributed by atoms with Crippen molar-refractivity contribution >= 4 is 40.5 Å². The van der Waals surface area contributed by atoms with Crippen LogP contribution in [0.15, 0.2) is 42.5 Å². The van der Waals surface area contributed by atoms with Crippen molar-refractivity contribution in [2.24, 2.45) is 0 Å². The maximum atomic E-state index is 12.6. The highest BCUT2D eigenvalue weighted by Gasteiger charge is 2.19. The first kappa shape index (κ1) is 14.7. The van der Waals surface area contributed by atoms with Gasteiger partial charge in [0.05, 0.1) is 10.6 Å². The third-order valence-corrected chi connectivity index (χ3v) is 3.47. The van der Waals surface area contributed by atoms with Crippen LogP contribution in [0, 0.1) is 0 Å². The molecule has 2 N–H and O–H groups in total. The lowest BCUT2D eigenvalue weighted by Crippen LogP contribution is -2.30. The standard InChI is InChI=1S/C15H14Cl2N2O/c1-2-19(12-5-3-4-11(18)9-12)15(20)13-8-10(16)6-7-14(13)17/h3-9H,2,18H2,1H3. The van der Waals surface area contributed by atoms with Crippen LogP contribution in [-0.4, -0.2) is 12.5 Å². The van der Waals surface area contributed by atoms with Crippen molar-refractivity contribution in [2.45, 2.75) is 6.92 Å². The molecule has 0 saturated carbocycles. The average molecular weight is 309 g/mol. The Hall–Kier alpha value is -1.71. The smallest absolute Gasteiger partial charge is 0.259 e. The number of amides is 1. The van der Waals surface area contributed by atoms with E-state index in [2.05, 4.69) is 0 Å². The maximum Gasteiger partial charge on any atom is 0.259 e. The maximum absolute atomic E-state index is 12.6. The van der Waals surface area contributed by atoms with E-state index < -0.39 is 0 Å². The van der Waals surface area contributed by atoms with E-state index in [9.17, 15) is 4.79 Å². The average Bonchev–Trinajstić information content (AvgIpc) is 2.42. The number of nitrogens with two attached hydrogens (primary N) is 1. The number of hydrogen-bond donors (Lipinski definition) is 1. The molecular weight excluding hydrogens is 295 g/mol. The van der Waals surface area contributed by atoms with Gasteiger partial charge in [-0.15, -0.1) is 0 Å². The number of hydrogen-bond acceptors (Lipinski definition) is 2. The molecular formula is C15H14Cl2N2O. The zero-order chi connectivity index (χ0) is 14.7. The van der Waals surface area contributed by atoms with Gasteiger partial charge in [0.1, 0.15) is 0 Å². The van der Waals surface area contributed by atoms with Gasteiger partial charge in [0.2, 0.25) is 0 Å². The topological polar surface area (TPSA) is 46.3 Å². The summed E-state index contributed by atoms with van der Waals surface area (Å²) in [7, 11) is 0. The van der Waals surface area contributed by atoms with Crippen molar-refractivity contribution < 1.29 is 4.79 Å². The fourth-order valence-electron chi connectivity index (χ4n) is 1.94. The number of rotatable bonds is 3. The summed E-state index contributed by atoms with van der Waals surface area (Å²) < 4.78 is 0. The first-order chi connectivity index (χ1) is 9.52. The first-order valence-corrected chi connectivity index (χ1v) is 6.91. The molecule has 0 spiro atoms. The van der Waals surface area contributed by atoms with Gasteiger partial charge in [0, 0.05) is 22.9 Å². The van der Waals surface area contributed by atoms with Gasteiger partial charge in [0.15, 0.2) is 0 Å². The predicted octanol–water partition coefficient (Wildman–Crippen LogP) is 4.24. The molecule has 0 aliphatic carbocycles. The van der Waals surface area contributed by atoms with Crippen molar-refractivity contribution in [1.82, 2.24) is 0 Å². The quantitative estimate of drug-likeness (QED) is 0.862. The van der Waals surface area contributed by atoms with Crippen molar-refractivity contribution in [3.63, 3.8) is 0 Å². The van der Waals surface area contributed by atoms with E-state index in [0.29, 0.717) is 27.8 Å². The largest absolute Gasteiger partial charge is 0.399 e. The molecule has 104 valence electrons. The summed E-state index contributed by atoms with van der Waals surface area (Å²) in [5.41, 5.74) is 7.47. The van der Waals surface area contributed by atoms with Gasteiger partial charge in [0.25, 0.3) is 5.91 Å². The van der Waals surface area contributed by atoms with E-state index in [1.807, 2.05) is 13.0 Å². The lowest BCUT2D eigenvalue weighted by atomic mass is 10.1. The molecule has 2 aromatic carbocycles. The van der Waals surface area contributed by atoms with Crippen molar-refractivity contribution in [2.75, 3.05) is 17.2 Å². The number of nitrogen functional groups attached to an aromatic ring is 1. The highest BCUT2D eigenvalue weighted by Crippen LogP contribution is 2.25. The molecule has 2 rings (SSSR count). The van der Waals surface area contributed by atoms with Crippen LogP contribution in [-0.2, 0) is 0 Å². The molecule has 0 unspecified atom stereocenters. The lowest BCUT2D eigenvalue weighted by molar-refractivity contribution is 0.0988. The number of carbonyl (C=O) groups excluding carboxylic acids is 1. The van der Waals surface area contributed by atoms with Crippen LogP contribution in [0.25, 0.3) is 0 Å². The Morgan fingerprint density at radius 2 is 1.95 bits per heavy atom. The minimum Gasteiger partial charge on any atom is -0.399 e. The molecule has 3 nitrogen and oxygen atoms in total. The molecule has 0 aliphatic rings. The Morgan fingerprint density at radius 3 is 2.60 bits per heavy atom. The van der Waals surface area contributed by atoms with Gasteiger partial charge in [-0.25, -0.2) is 0 Å². The first-order valence-electron chi connectivity index (χ1n) is 6.15. The van der Waals surface area contributed by atoms with E-state index >= 15 is 0 Å². The normalized spacial score (nSPS) is 10.3.